The summed E-state index contributed by atoms with van der Waals surface area (Å²) in [5.74, 6) is 1.18. The molecule has 0 aromatic carbocycles. The number of H-pyrrole nitrogens is 1. The molecule has 1 unspecified atom stereocenters. The fourth-order valence-corrected chi connectivity index (χ4v) is 4.82. The number of piperidine rings is 1. The van der Waals surface area contributed by atoms with E-state index in [-0.39, 0.29) is 11.9 Å². The lowest BCUT2D eigenvalue weighted by Gasteiger charge is -2.35. The molecule has 8 heteroatoms. The van der Waals surface area contributed by atoms with Crippen molar-refractivity contribution in [1.82, 2.24) is 34.8 Å². The number of fused-ring (bicyclic) bond motifs is 1. The van der Waals surface area contributed by atoms with Gasteiger partial charge >= 0.3 is 0 Å². The molecule has 0 spiro atoms. The van der Waals surface area contributed by atoms with Gasteiger partial charge in [0.25, 0.3) is 5.91 Å². The van der Waals surface area contributed by atoms with Crippen molar-refractivity contribution >= 4 is 16.9 Å². The number of pyridine rings is 2. The zero-order valence-electron chi connectivity index (χ0n) is 18.0. The minimum Gasteiger partial charge on any atom is -0.331 e. The largest absolute Gasteiger partial charge is 0.331 e. The number of nitrogens with one attached hydrogen (secondary N) is 1. The van der Waals surface area contributed by atoms with E-state index in [1.54, 1.807) is 10.9 Å². The first-order valence-electron chi connectivity index (χ1n) is 11.3. The van der Waals surface area contributed by atoms with Crippen LogP contribution in [0.3, 0.4) is 0 Å². The minimum atomic E-state index is 0.0359. The number of amides is 1. The van der Waals surface area contributed by atoms with Gasteiger partial charge in [0, 0.05) is 36.1 Å². The fourth-order valence-electron chi connectivity index (χ4n) is 4.82. The number of hydrogen-bond donors (Lipinski definition) is 1. The van der Waals surface area contributed by atoms with E-state index >= 15 is 0 Å². The van der Waals surface area contributed by atoms with Crippen LogP contribution < -0.4 is 0 Å². The van der Waals surface area contributed by atoms with Crippen molar-refractivity contribution in [3.8, 4) is 5.82 Å². The van der Waals surface area contributed by atoms with E-state index in [2.05, 4.69) is 15.2 Å². The Morgan fingerprint density at radius 2 is 2.09 bits per heavy atom. The van der Waals surface area contributed by atoms with Crippen molar-refractivity contribution in [2.24, 2.45) is 0 Å². The van der Waals surface area contributed by atoms with Gasteiger partial charge < -0.3 is 4.90 Å². The number of aryl methyl sites for hydroxylation is 1. The SMILES string of the molecule is Cc1nn(-c2ccccn2)c2nc(C3CC3)cc(C(=O)N3CCCCC3c3cn[nH]c3)c12. The summed E-state index contributed by atoms with van der Waals surface area (Å²) in [7, 11) is 0. The summed E-state index contributed by atoms with van der Waals surface area (Å²) in [6.45, 7) is 2.69. The highest BCUT2D eigenvalue weighted by atomic mass is 16.2. The van der Waals surface area contributed by atoms with Crippen LogP contribution in [0.5, 0.6) is 0 Å². The molecule has 0 radical (unpaired) electrons. The van der Waals surface area contributed by atoms with E-state index in [1.165, 1.54) is 0 Å². The maximum absolute atomic E-state index is 14.0. The molecule has 1 saturated heterocycles. The highest BCUT2D eigenvalue weighted by Crippen LogP contribution is 2.41. The Hall–Kier alpha value is -3.55. The second kappa shape index (κ2) is 7.55. The van der Waals surface area contributed by atoms with Crippen LogP contribution in [0.4, 0.5) is 0 Å². The Kier molecular flexibility index (Phi) is 4.52. The molecule has 4 aromatic rings. The second-order valence-corrected chi connectivity index (χ2v) is 8.79. The van der Waals surface area contributed by atoms with Gasteiger partial charge in [-0.2, -0.15) is 14.9 Å². The van der Waals surface area contributed by atoms with Gasteiger partial charge in [0.05, 0.1) is 28.9 Å². The van der Waals surface area contributed by atoms with Crippen molar-refractivity contribution in [3.63, 3.8) is 0 Å². The summed E-state index contributed by atoms with van der Waals surface area (Å²) in [4.78, 5) is 25.5. The number of rotatable bonds is 4. The smallest absolute Gasteiger partial charge is 0.255 e. The average molecular weight is 428 g/mol. The molecule has 1 atom stereocenters. The van der Waals surface area contributed by atoms with E-state index in [4.69, 9.17) is 10.1 Å². The monoisotopic (exact) mass is 427 g/mol. The summed E-state index contributed by atoms with van der Waals surface area (Å²) in [5.41, 5.74) is 4.25. The third-order valence-corrected chi connectivity index (χ3v) is 6.59. The predicted molar refractivity (Wildman–Crippen MR) is 120 cm³/mol. The summed E-state index contributed by atoms with van der Waals surface area (Å²) in [6, 6.07) is 7.78. The van der Waals surface area contributed by atoms with E-state index in [9.17, 15) is 4.79 Å². The van der Waals surface area contributed by atoms with Crippen LogP contribution in [0.2, 0.25) is 0 Å². The molecule has 1 amide bonds. The zero-order valence-corrected chi connectivity index (χ0v) is 18.0. The first-order valence-corrected chi connectivity index (χ1v) is 11.3. The van der Waals surface area contributed by atoms with Gasteiger partial charge in [0.15, 0.2) is 11.5 Å². The lowest BCUT2D eigenvalue weighted by molar-refractivity contribution is 0.0613. The van der Waals surface area contributed by atoms with Gasteiger partial charge in [0.1, 0.15) is 0 Å². The molecule has 2 aliphatic rings. The summed E-state index contributed by atoms with van der Waals surface area (Å²) >= 11 is 0. The van der Waals surface area contributed by atoms with Crippen LogP contribution in [0.1, 0.15) is 71.4 Å². The van der Waals surface area contributed by atoms with Crippen LogP contribution >= 0.6 is 0 Å². The number of carbonyl (C=O) groups excluding carboxylic acids is 1. The molecule has 2 fully saturated rings. The van der Waals surface area contributed by atoms with Crippen molar-refractivity contribution in [3.05, 3.63) is 65.4 Å². The van der Waals surface area contributed by atoms with Crippen LogP contribution in [-0.2, 0) is 0 Å². The van der Waals surface area contributed by atoms with Crippen molar-refractivity contribution in [2.45, 2.75) is 51.0 Å². The van der Waals surface area contributed by atoms with Crippen LogP contribution in [0, 0.1) is 6.92 Å². The Balaban J connectivity index is 1.51. The Morgan fingerprint density at radius 3 is 2.84 bits per heavy atom. The number of carbonyl (C=O) groups is 1. The fraction of sp³-hybridized carbons (Fsp3) is 0.375. The van der Waals surface area contributed by atoms with Crippen molar-refractivity contribution < 1.29 is 4.79 Å². The maximum atomic E-state index is 14.0. The third-order valence-electron chi connectivity index (χ3n) is 6.59. The highest BCUT2D eigenvalue weighted by molar-refractivity contribution is 6.07. The number of hydrogen-bond acceptors (Lipinski definition) is 5. The lowest BCUT2D eigenvalue weighted by Crippen LogP contribution is -2.38. The average Bonchev–Trinajstić information content (AvgIpc) is 3.44. The molecule has 0 bridgehead atoms. The standard InChI is InChI=1S/C24H25N7O/c1-15-22-18(24(32)30-11-5-3-6-20(30)17-13-26-27-14-17)12-19(16-8-9-16)28-23(22)31(29-15)21-7-2-4-10-25-21/h2,4,7,10,12-14,16,20H,3,5-6,8-9,11H2,1H3,(H,26,27). The first kappa shape index (κ1) is 19.2. The Labute approximate surface area is 185 Å². The van der Waals surface area contributed by atoms with E-state index in [0.29, 0.717) is 22.9 Å². The Morgan fingerprint density at radius 1 is 1.19 bits per heavy atom. The molecule has 1 aliphatic carbocycles. The van der Waals surface area contributed by atoms with Crippen LogP contribution in [0.15, 0.2) is 42.9 Å². The molecule has 8 nitrogen and oxygen atoms in total. The molecule has 162 valence electrons. The molecule has 6 rings (SSSR count). The normalized spacial score (nSPS) is 18.9. The maximum Gasteiger partial charge on any atom is 0.255 e. The number of likely N-dealkylation sites (tertiary alicyclic amines) is 1. The molecule has 5 heterocycles. The lowest BCUT2D eigenvalue weighted by atomic mass is 9.95. The molecule has 1 N–H and O–H groups in total. The van der Waals surface area contributed by atoms with Gasteiger partial charge in [-0.25, -0.2) is 9.97 Å². The molecular weight excluding hydrogens is 402 g/mol. The summed E-state index contributed by atoms with van der Waals surface area (Å²) in [6.07, 6.45) is 10.8. The van der Waals surface area contributed by atoms with E-state index in [0.717, 1.165) is 61.0 Å². The number of aromatic nitrogens is 6. The van der Waals surface area contributed by atoms with Crippen LogP contribution in [-0.4, -0.2) is 47.3 Å². The second-order valence-electron chi connectivity index (χ2n) is 8.79. The van der Waals surface area contributed by atoms with Gasteiger partial charge in [-0.1, -0.05) is 6.07 Å². The highest BCUT2D eigenvalue weighted by Gasteiger charge is 2.34. The molecule has 4 aromatic heterocycles. The van der Waals surface area contributed by atoms with Crippen LogP contribution in [0.25, 0.3) is 16.9 Å². The number of nitrogens with zero attached hydrogens (tertiary/aromatic N) is 6. The van der Waals surface area contributed by atoms with Crippen molar-refractivity contribution in [2.75, 3.05) is 6.54 Å². The molecule has 1 saturated carbocycles. The zero-order chi connectivity index (χ0) is 21.7. The summed E-state index contributed by atoms with van der Waals surface area (Å²) < 4.78 is 1.77. The molecular formula is C24H25N7O. The predicted octanol–water partition coefficient (Wildman–Crippen LogP) is 4.09. The molecule has 32 heavy (non-hydrogen) atoms. The minimum absolute atomic E-state index is 0.0359. The number of aromatic amines is 1. The van der Waals surface area contributed by atoms with E-state index < -0.39 is 0 Å². The van der Waals surface area contributed by atoms with Gasteiger partial charge in [-0.3, -0.25) is 9.89 Å². The Bertz CT molecular complexity index is 1270. The van der Waals surface area contributed by atoms with Gasteiger partial charge in [-0.05, 0) is 57.2 Å². The third kappa shape index (κ3) is 3.18. The topological polar surface area (TPSA) is 92.6 Å². The first-order chi connectivity index (χ1) is 15.7. The molecule has 1 aliphatic heterocycles. The van der Waals surface area contributed by atoms with Gasteiger partial charge in [-0.15, -0.1) is 0 Å². The quantitative estimate of drug-likeness (QED) is 0.529. The summed E-state index contributed by atoms with van der Waals surface area (Å²) in [5, 5.41) is 12.6. The van der Waals surface area contributed by atoms with E-state index in [1.807, 2.05) is 48.5 Å². The van der Waals surface area contributed by atoms with Crippen molar-refractivity contribution in [1.29, 1.82) is 0 Å². The van der Waals surface area contributed by atoms with Gasteiger partial charge in [0.2, 0.25) is 0 Å².